The molecule has 1 aliphatic rings. The summed E-state index contributed by atoms with van der Waals surface area (Å²) in [7, 11) is 0. The Balaban J connectivity index is 2.43. The predicted molar refractivity (Wildman–Crippen MR) is 58.0 cm³/mol. The lowest BCUT2D eigenvalue weighted by molar-refractivity contribution is -0.137. The minimum absolute atomic E-state index is 0.0173. The molecule has 2 nitrogen and oxygen atoms in total. The van der Waals surface area contributed by atoms with Gasteiger partial charge in [0.2, 0.25) is 0 Å². The average Bonchev–Trinajstić information content (AvgIpc) is 2.27. The summed E-state index contributed by atoms with van der Waals surface area (Å²) >= 11 is 0. The van der Waals surface area contributed by atoms with Crippen LogP contribution in [0.3, 0.4) is 0 Å². The van der Waals surface area contributed by atoms with Crippen molar-refractivity contribution in [2.24, 2.45) is 5.73 Å². The number of halogens is 4. The molecule has 1 heterocycles. The highest BCUT2D eigenvalue weighted by atomic mass is 19.4. The maximum Gasteiger partial charge on any atom is 0.416 e. The molecule has 0 bridgehead atoms. The highest BCUT2D eigenvalue weighted by molar-refractivity contribution is 5.42. The molecule has 0 aliphatic carbocycles. The van der Waals surface area contributed by atoms with Crippen LogP contribution in [0.2, 0.25) is 0 Å². The van der Waals surface area contributed by atoms with Crippen LogP contribution in [0.5, 0.6) is 5.75 Å². The molecule has 0 spiro atoms. The summed E-state index contributed by atoms with van der Waals surface area (Å²) in [5.41, 5.74) is 4.33. The van der Waals surface area contributed by atoms with Crippen molar-refractivity contribution in [3.63, 3.8) is 0 Å². The molecular weight excluding hydrogens is 250 g/mol. The topological polar surface area (TPSA) is 35.2 Å². The van der Waals surface area contributed by atoms with Crippen LogP contribution in [0.4, 0.5) is 17.6 Å². The minimum atomic E-state index is -4.45. The van der Waals surface area contributed by atoms with E-state index in [1.54, 1.807) is 0 Å². The maximum absolute atomic E-state index is 12.9. The molecule has 0 saturated heterocycles. The van der Waals surface area contributed by atoms with Gasteiger partial charge in [-0.3, -0.25) is 0 Å². The molecule has 2 N–H and O–H groups in total. The van der Waals surface area contributed by atoms with Gasteiger partial charge in [-0.25, -0.2) is 4.39 Å². The summed E-state index contributed by atoms with van der Waals surface area (Å²) in [4.78, 5) is 0. The molecule has 0 aromatic heterocycles. The second kappa shape index (κ2) is 4.12. The van der Waals surface area contributed by atoms with Crippen LogP contribution < -0.4 is 10.5 Å². The first-order valence-electron chi connectivity index (χ1n) is 5.47. The SMILES string of the molecule is C[C@]1(CF)C[C@@H](N)c2ccc(C(F)(F)F)cc2O1. The number of alkyl halides is 4. The Labute approximate surface area is 102 Å². The molecule has 6 heteroatoms. The van der Waals surface area contributed by atoms with E-state index in [4.69, 9.17) is 10.5 Å². The Morgan fingerprint density at radius 1 is 1.44 bits per heavy atom. The molecule has 2 rings (SSSR count). The Kier molecular flexibility index (Phi) is 3.01. The number of hydrogen-bond donors (Lipinski definition) is 1. The minimum Gasteiger partial charge on any atom is -0.484 e. The first-order valence-corrected chi connectivity index (χ1v) is 5.47. The molecule has 18 heavy (non-hydrogen) atoms. The fraction of sp³-hybridized carbons (Fsp3) is 0.500. The predicted octanol–water partition coefficient (Wildman–Crippen LogP) is 3.22. The standard InChI is InChI=1S/C12H13F4NO/c1-11(6-13)5-9(17)8-3-2-7(12(14,15)16)4-10(8)18-11/h2-4,9H,5-6,17H2,1H3/t9-,11-/m1/s1. The highest BCUT2D eigenvalue weighted by Gasteiger charge is 2.38. The lowest BCUT2D eigenvalue weighted by Gasteiger charge is -2.37. The first-order chi connectivity index (χ1) is 8.25. The molecule has 0 radical (unpaired) electrons. The number of nitrogens with two attached hydrogens (primary N) is 1. The van der Waals surface area contributed by atoms with Crippen molar-refractivity contribution in [3.05, 3.63) is 29.3 Å². The van der Waals surface area contributed by atoms with Gasteiger partial charge in [0.05, 0.1) is 5.56 Å². The summed E-state index contributed by atoms with van der Waals surface area (Å²) < 4.78 is 55.9. The third kappa shape index (κ3) is 2.29. The second-order valence-corrected chi connectivity index (χ2v) is 4.75. The van der Waals surface area contributed by atoms with Gasteiger partial charge in [-0.05, 0) is 19.1 Å². The van der Waals surface area contributed by atoms with E-state index in [1.165, 1.54) is 13.0 Å². The number of fused-ring (bicyclic) bond motifs is 1. The van der Waals surface area contributed by atoms with E-state index >= 15 is 0 Å². The zero-order valence-corrected chi connectivity index (χ0v) is 9.72. The number of benzene rings is 1. The summed E-state index contributed by atoms with van der Waals surface area (Å²) in [6.07, 6.45) is -4.21. The molecule has 1 aliphatic heterocycles. The number of hydrogen-bond acceptors (Lipinski definition) is 2. The van der Waals surface area contributed by atoms with E-state index in [1.807, 2.05) is 0 Å². The van der Waals surface area contributed by atoms with Crippen LogP contribution in [-0.2, 0) is 6.18 Å². The van der Waals surface area contributed by atoms with Crippen LogP contribution in [-0.4, -0.2) is 12.3 Å². The Morgan fingerprint density at radius 3 is 2.67 bits per heavy atom. The van der Waals surface area contributed by atoms with Gasteiger partial charge in [0.1, 0.15) is 18.0 Å². The van der Waals surface area contributed by atoms with E-state index < -0.39 is 30.1 Å². The second-order valence-electron chi connectivity index (χ2n) is 4.75. The van der Waals surface area contributed by atoms with E-state index in [0.717, 1.165) is 12.1 Å². The lowest BCUT2D eigenvalue weighted by Crippen LogP contribution is -2.42. The van der Waals surface area contributed by atoms with Crippen molar-refractivity contribution < 1.29 is 22.3 Å². The van der Waals surface area contributed by atoms with Gasteiger partial charge >= 0.3 is 6.18 Å². The molecule has 1 aromatic rings. The van der Waals surface area contributed by atoms with Crippen molar-refractivity contribution >= 4 is 0 Å². The summed E-state index contributed by atoms with van der Waals surface area (Å²) in [6.45, 7) is 0.701. The smallest absolute Gasteiger partial charge is 0.416 e. The highest BCUT2D eigenvalue weighted by Crippen LogP contribution is 2.41. The van der Waals surface area contributed by atoms with Gasteiger partial charge in [0.15, 0.2) is 0 Å². The quantitative estimate of drug-likeness (QED) is 0.789. The Morgan fingerprint density at radius 2 is 2.11 bits per heavy atom. The fourth-order valence-corrected chi connectivity index (χ4v) is 2.07. The third-order valence-corrected chi connectivity index (χ3v) is 3.03. The third-order valence-electron chi connectivity index (χ3n) is 3.03. The van der Waals surface area contributed by atoms with E-state index in [0.29, 0.717) is 5.56 Å². The lowest BCUT2D eigenvalue weighted by atomic mass is 9.89. The van der Waals surface area contributed by atoms with E-state index in [9.17, 15) is 17.6 Å². The zero-order chi connectivity index (χ0) is 13.6. The van der Waals surface area contributed by atoms with Crippen molar-refractivity contribution in [1.29, 1.82) is 0 Å². The monoisotopic (exact) mass is 263 g/mol. The summed E-state index contributed by atoms with van der Waals surface area (Å²) in [5, 5.41) is 0. The maximum atomic E-state index is 12.9. The van der Waals surface area contributed by atoms with Gasteiger partial charge in [-0.2, -0.15) is 13.2 Å². The summed E-state index contributed by atoms with van der Waals surface area (Å²) in [5.74, 6) is 0.0173. The fourth-order valence-electron chi connectivity index (χ4n) is 2.07. The van der Waals surface area contributed by atoms with Crippen molar-refractivity contribution in [2.45, 2.75) is 31.2 Å². The van der Waals surface area contributed by atoms with Gasteiger partial charge in [0, 0.05) is 18.0 Å². The molecular formula is C12H13F4NO. The normalized spacial score (nSPS) is 27.6. The summed E-state index contributed by atoms with van der Waals surface area (Å²) in [6, 6.07) is 2.61. The average molecular weight is 263 g/mol. The van der Waals surface area contributed by atoms with Gasteiger partial charge in [-0.15, -0.1) is 0 Å². The Hall–Kier alpha value is -1.30. The number of rotatable bonds is 1. The van der Waals surface area contributed by atoms with Gasteiger partial charge in [-0.1, -0.05) is 6.07 Å². The molecule has 0 fully saturated rings. The van der Waals surface area contributed by atoms with Crippen molar-refractivity contribution in [3.8, 4) is 5.75 Å². The van der Waals surface area contributed by atoms with Crippen molar-refractivity contribution in [1.82, 2.24) is 0 Å². The van der Waals surface area contributed by atoms with Crippen LogP contribution in [0, 0.1) is 0 Å². The van der Waals surface area contributed by atoms with Crippen molar-refractivity contribution in [2.75, 3.05) is 6.67 Å². The van der Waals surface area contributed by atoms with Crippen LogP contribution >= 0.6 is 0 Å². The zero-order valence-electron chi connectivity index (χ0n) is 9.72. The molecule has 2 atom stereocenters. The van der Waals surface area contributed by atoms with Gasteiger partial charge < -0.3 is 10.5 Å². The Bertz CT molecular complexity index is 460. The van der Waals surface area contributed by atoms with Gasteiger partial charge in [0.25, 0.3) is 0 Å². The molecule has 0 unspecified atom stereocenters. The van der Waals surface area contributed by atoms with E-state index in [2.05, 4.69) is 0 Å². The largest absolute Gasteiger partial charge is 0.484 e. The van der Waals surface area contributed by atoms with Crippen LogP contribution in [0.15, 0.2) is 18.2 Å². The molecule has 1 aromatic carbocycles. The van der Waals surface area contributed by atoms with Crippen LogP contribution in [0.1, 0.15) is 30.5 Å². The number of ether oxygens (including phenoxy) is 1. The molecule has 100 valence electrons. The molecule has 0 saturated carbocycles. The van der Waals surface area contributed by atoms with E-state index in [-0.39, 0.29) is 12.2 Å². The van der Waals surface area contributed by atoms with Crippen LogP contribution in [0.25, 0.3) is 0 Å². The molecule has 0 amide bonds. The first kappa shape index (κ1) is 13.1.